The topological polar surface area (TPSA) is 63.9 Å². The molecule has 174 valence electrons. The second kappa shape index (κ2) is 7.93. The maximum absolute atomic E-state index is 13.9. The van der Waals surface area contributed by atoms with Crippen molar-refractivity contribution in [2.24, 2.45) is 7.05 Å². The number of nitrogens with zero attached hydrogens (tertiary/aromatic N) is 5. The molecule has 1 aliphatic rings. The summed E-state index contributed by atoms with van der Waals surface area (Å²) in [6.45, 7) is 6.03. The highest BCUT2D eigenvalue weighted by Crippen LogP contribution is 2.37. The van der Waals surface area contributed by atoms with E-state index in [9.17, 15) is 18.0 Å². The lowest BCUT2D eigenvalue weighted by atomic mass is 9.95. The summed E-state index contributed by atoms with van der Waals surface area (Å²) in [5.74, 6) is -4.17. The van der Waals surface area contributed by atoms with E-state index in [0.29, 0.717) is 35.4 Å². The first-order chi connectivity index (χ1) is 16.2. The van der Waals surface area contributed by atoms with Crippen LogP contribution in [0.1, 0.15) is 46.0 Å². The van der Waals surface area contributed by atoms with Crippen molar-refractivity contribution in [2.75, 3.05) is 6.54 Å². The third-order valence-electron chi connectivity index (χ3n) is 6.48. The van der Waals surface area contributed by atoms with Crippen molar-refractivity contribution in [3.8, 4) is 11.3 Å². The Hall–Kier alpha value is -3.75. The van der Waals surface area contributed by atoms with Gasteiger partial charge in [-0.05, 0) is 57.5 Å². The first-order valence-corrected chi connectivity index (χ1v) is 10.9. The Morgan fingerprint density at radius 3 is 2.32 bits per heavy atom. The summed E-state index contributed by atoms with van der Waals surface area (Å²) in [7, 11) is 1.66. The van der Waals surface area contributed by atoms with Gasteiger partial charge in [-0.15, -0.1) is 0 Å². The molecule has 2 aromatic heterocycles. The van der Waals surface area contributed by atoms with E-state index in [1.807, 2.05) is 20.8 Å². The number of carbonyl (C=O) groups excluding carboxylic acids is 1. The fourth-order valence-electron chi connectivity index (χ4n) is 4.60. The number of rotatable bonds is 2. The van der Waals surface area contributed by atoms with Crippen molar-refractivity contribution < 1.29 is 18.0 Å². The molecule has 9 heteroatoms. The van der Waals surface area contributed by atoms with E-state index in [1.165, 1.54) is 4.68 Å². The molecule has 0 N–H and O–H groups in total. The number of benzene rings is 2. The fraction of sp³-hybridized carbons (Fsp3) is 0.280. The standard InChI is InChI=1S/C25H22F3N5O/c1-12-13(2)30-21-11-15(5-6-20(21)29-12)25(34)33-8-7-17-23(14(33)3)31-32(4)24(17)16-9-18(26)22(28)19(27)10-16/h5-6,9-11,14H,7-8H2,1-4H3/t14-/m0/s1. The summed E-state index contributed by atoms with van der Waals surface area (Å²) < 4.78 is 42.8. The summed E-state index contributed by atoms with van der Waals surface area (Å²) in [5.41, 5.74) is 5.69. The first kappa shape index (κ1) is 22.1. The predicted octanol–water partition coefficient (Wildman–Crippen LogP) is 4.82. The van der Waals surface area contributed by atoms with Crippen molar-refractivity contribution in [2.45, 2.75) is 33.2 Å². The zero-order valence-corrected chi connectivity index (χ0v) is 19.2. The first-order valence-electron chi connectivity index (χ1n) is 10.9. The maximum Gasteiger partial charge on any atom is 0.254 e. The van der Waals surface area contributed by atoms with Crippen molar-refractivity contribution in [3.63, 3.8) is 0 Å². The fourth-order valence-corrected chi connectivity index (χ4v) is 4.60. The Morgan fingerprint density at radius 1 is 1.00 bits per heavy atom. The number of fused-ring (bicyclic) bond motifs is 2. The molecule has 0 radical (unpaired) electrons. The van der Waals surface area contributed by atoms with Gasteiger partial charge in [0.25, 0.3) is 5.91 Å². The van der Waals surface area contributed by atoms with Crippen LogP contribution in [0, 0.1) is 31.3 Å². The summed E-state index contributed by atoms with van der Waals surface area (Å²) in [6.07, 6.45) is 0.445. The molecule has 1 amide bonds. The van der Waals surface area contributed by atoms with Crippen molar-refractivity contribution in [3.05, 3.63) is 76.0 Å². The minimum atomic E-state index is -1.50. The monoisotopic (exact) mass is 465 g/mol. The van der Waals surface area contributed by atoms with E-state index in [0.717, 1.165) is 34.6 Å². The molecular formula is C25H22F3N5O. The van der Waals surface area contributed by atoms with Gasteiger partial charge in [0, 0.05) is 30.3 Å². The molecule has 0 fully saturated rings. The van der Waals surface area contributed by atoms with Gasteiger partial charge in [-0.3, -0.25) is 9.48 Å². The van der Waals surface area contributed by atoms with Crippen LogP contribution in [-0.2, 0) is 13.5 Å². The quantitative estimate of drug-likeness (QED) is 0.398. The molecule has 6 nitrogen and oxygen atoms in total. The Balaban J connectivity index is 1.50. The highest BCUT2D eigenvalue weighted by atomic mass is 19.2. The minimum absolute atomic E-state index is 0.161. The number of aryl methyl sites for hydroxylation is 3. The van der Waals surface area contributed by atoms with Crippen molar-refractivity contribution in [1.82, 2.24) is 24.6 Å². The molecule has 5 rings (SSSR count). The van der Waals surface area contributed by atoms with Crippen LogP contribution >= 0.6 is 0 Å². The lowest BCUT2D eigenvalue weighted by Crippen LogP contribution is -2.38. The average molecular weight is 465 g/mol. The Labute approximate surface area is 194 Å². The van der Waals surface area contributed by atoms with Gasteiger partial charge in [0.2, 0.25) is 0 Å². The molecule has 1 atom stereocenters. The molecule has 4 aromatic rings. The third kappa shape index (κ3) is 3.43. The molecule has 0 spiro atoms. The van der Waals surface area contributed by atoms with E-state index >= 15 is 0 Å². The smallest absolute Gasteiger partial charge is 0.254 e. The number of amides is 1. The summed E-state index contributed by atoms with van der Waals surface area (Å²) >= 11 is 0. The van der Waals surface area contributed by atoms with E-state index in [2.05, 4.69) is 15.1 Å². The van der Waals surface area contributed by atoms with Gasteiger partial charge in [0.15, 0.2) is 17.5 Å². The summed E-state index contributed by atoms with van der Waals surface area (Å²) in [4.78, 5) is 24.2. The van der Waals surface area contributed by atoms with Crippen LogP contribution < -0.4 is 0 Å². The van der Waals surface area contributed by atoms with Gasteiger partial charge in [0.1, 0.15) is 0 Å². The number of hydrogen-bond acceptors (Lipinski definition) is 4. The molecule has 0 aliphatic carbocycles. The molecule has 34 heavy (non-hydrogen) atoms. The van der Waals surface area contributed by atoms with Gasteiger partial charge < -0.3 is 4.90 Å². The van der Waals surface area contributed by atoms with Crippen LogP contribution in [0.4, 0.5) is 13.2 Å². The molecule has 0 bridgehead atoms. The minimum Gasteiger partial charge on any atom is -0.330 e. The molecular weight excluding hydrogens is 443 g/mol. The van der Waals surface area contributed by atoms with Crippen LogP contribution in [0.5, 0.6) is 0 Å². The Bertz CT molecular complexity index is 1460. The molecule has 2 aromatic carbocycles. The lowest BCUT2D eigenvalue weighted by molar-refractivity contribution is 0.0674. The normalized spacial score (nSPS) is 15.6. The van der Waals surface area contributed by atoms with Gasteiger partial charge in [0.05, 0.1) is 39.9 Å². The molecule has 3 heterocycles. The van der Waals surface area contributed by atoms with E-state index in [4.69, 9.17) is 0 Å². The maximum atomic E-state index is 13.9. The number of halogens is 3. The molecule has 0 saturated heterocycles. The van der Waals surface area contributed by atoms with Crippen molar-refractivity contribution in [1.29, 1.82) is 0 Å². The van der Waals surface area contributed by atoms with Crippen LogP contribution in [0.15, 0.2) is 30.3 Å². The summed E-state index contributed by atoms with van der Waals surface area (Å²) in [6, 6.07) is 6.85. The number of hydrogen-bond donors (Lipinski definition) is 0. The molecule has 1 aliphatic heterocycles. The highest BCUT2D eigenvalue weighted by Gasteiger charge is 2.33. The van der Waals surface area contributed by atoms with Crippen LogP contribution in [0.2, 0.25) is 0 Å². The van der Waals surface area contributed by atoms with Gasteiger partial charge in [-0.25, -0.2) is 23.1 Å². The number of carbonyl (C=O) groups is 1. The van der Waals surface area contributed by atoms with E-state index in [-0.39, 0.29) is 17.5 Å². The van der Waals surface area contributed by atoms with Gasteiger partial charge in [-0.2, -0.15) is 5.10 Å². The summed E-state index contributed by atoms with van der Waals surface area (Å²) in [5, 5.41) is 4.55. The Morgan fingerprint density at radius 2 is 1.65 bits per heavy atom. The zero-order valence-electron chi connectivity index (χ0n) is 19.2. The Kier molecular flexibility index (Phi) is 5.15. The highest BCUT2D eigenvalue weighted by molar-refractivity contribution is 5.97. The zero-order chi connectivity index (χ0) is 24.3. The van der Waals surface area contributed by atoms with Gasteiger partial charge >= 0.3 is 0 Å². The van der Waals surface area contributed by atoms with Crippen LogP contribution in [0.3, 0.4) is 0 Å². The molecule has 0 saturated carbocycles. The van der Waals surface area contributed by atoms with Crippen molar-refractivity contribution >= 4 is 16.9 Å². The second-order valence-corrected chi connectivity index (χ2v) is 8.61. The van der Waals surface area contributed by atoms with E-state index < -0.39 is 17.5 Å². The van der Waals surface area contributed by atoms with Crippen LogP contribution in [0.25, 0.3) is 22.3 Å². The predicted molar refractivity (Wildman–Crippen MR) is 121 cm³/mol. The lowest BCUT2D eigenvalue weighted by Gasteiger charge is -2.33. The van der Waals surface area contributed by atoms with Gasteiger partial charge in [-0.1, -0.05) is 0 Å². The number of aromatic nitrogens is 4. The van der Waals surface area contributed by atoms with E-state index in [1.54, 1.807) is 30.1 Å². The SMILES string of the molecule is Cc1nc2ccc(C(=O)N3CCc4c(nn(C)c4-c4cc(F)c(F)c(F)c4)[C@@H]3C)cc2nc1C. The largest absolute Gasteiger partial charge is 0.330 e. The van der Waals surface area contributed by atoms with Crippen LogP contribution in [-0.4, -0.2) is 37.1 Å². The third-order valence-corrected chi connectivity index (χ3v) is 6.48. The molecule has 0 unspecified atom stereocenters. The average Bonchev–Trinajstić information content (AvgIpc) is 3.14. The second-order valence-electron chi connectivity index (χ2n) is 8.61.